The third kappa shape index (κ3) is 3.36. The molecule has 0 bridgehead atoms. The van der Waals surface area contributed by atoms with Crippen LogP contribution in [0, 0.1) is 6.92 Å². The van der Waals surface area contributed by atoms with Crippen LogP contribution in [-0.2, 0) is 14.8 Å². The summed E-state index contributed by atoms with van der Waals surface area (Å²) in [6, 6.07) is 3.89. The molecule has 1 atom stereocenters. The second-order valence-electron chi connectivity index (χ2n) is 4.75. The van der Waals surface area contributed by atoms with Gasteiger partial charge in [-0.1, -0.05) is 12.1 Å². The minimum atomic E-state index is -3.76. The molecule has 1 saturated heterocycles. The zero-order chi connectivity index (χ0) is 14.8. The molecule has 6 nitrogen and oxygen atoms in total. The number of carbonyl (C=O) groups excluding carboxylic acids is 1. The van der Waals surface area contributed by atoms with Crippen molar-refractivity contribution in [3.63, 3.8) is 0 Å². The minimum absolute atomic E-state index is 0.0443. The number of hydrogen-bond donors (Lipinski definition) is 1. The molecule has 20 heavy (non-hydrogen) atoms. The average molecular weight is 298 g/mol. The second-order valence-corrected chi connectivity index (χ2v) is 6.49. The molecule has 0 aliphatic carbocycles. The Bertz CT molecular complexity index is 605. The SMILES string of the molecule is Cc1ccc(C(=O)[O-])cc1S(=O)(=O)NC[C@@H]1CCCO1. The number of benzene rings is 1. The van der Waals surface area contributed by atoms with Gasteiger partial charge in [0, 0.05) is 13.2 Å². The van der Waals surface area contributed by atoms with E-state index in [2.05, 4.69) is 4.72 Å². The Morgan fingerprint density at radius 2 is 2.25 bits per heavy atom. The lowest BCUT2D eigenvalue weighted by Crippen LogP contribution is -2.32. The van der Waals surface area contributed by atoms with Crippen LogP contribution >= 0.6 is 0 Å². The number of ether oxygens (including phenoxy) is 1. The molecule has 2 rings (SSSR count). The fourth-order valence-electron chi connectivity index (χ4n) is 2.10. The van der Waals surface area contributed by atoms with E-state index in [4.69, 9.17) is 4.74 Å². The predicted molar refractivity (Wildman–Crippen MR) is 69.7 cm³/mol. The molecule has 110 valence electrons. The van der Waals surface area contributed by atoms with E-state index < -0.39 is 16.0 Å². The molecule has 1 aliphatic heterocycles. The topological polar surface area (TPSA) is 95.5 Å². The highest BCUT2D eigenvalue weighted by atomic mass is 32.2. The van der Waals surface area contributed by atoms with Gasteiger partial charge in [-0.3, -0.25) is 0 Å². The molecule has 0 spiro atoms. The normalized spacial score (nSPS) is 19.1. The fraction of sp³-hybridized carbons (Fsp3) is 0.462. The van der Waals surface area contributed by atoms with Crippen molar-refractivity contribution in [2.75, 3.05) is 13.2 Å². The van der Waals surface area contributed by atoms with Crippen LogP contribution in [0.15, 0.2) is 23.1 Å². The van der Waals surface area contributed by atoms with Crippen molar-refractivity contribution < 1.29 is 23.1 Å². The number of aromatic carboxylic acids is 1. The largest absolute Gasteiger partial charge is 0.545 e. The summed E-state index contributed by atoms with van der Waals surface area (Å²) in [7, 11) is -3.76. The van der Waals surface area contributed by atoms with Crippen molar-refractivity contribution in [2.45, 2.75) is 30.8 Å². The van der Waals surface area contributed by atoms with Crippen LogP contribution in [0.25, 0.3) is 0 Å². The number of nitrogens with one attached hydrogen (secondary N) is 1. The number of carbonyl (C=O) groups is 1. The Labute approximate surface area is 117 Å². The number of hydrogen-bond acceptors (Lipinski definition) is 5. The van der Waals surface area contributed by atoms with Gasteiger partial charge < -0.3 is 14.6 Å². The second kappa shape index (κ2) is 5.90. The molecule has 1 aromatic carbocycles. The van der Waals surface area contributed by atoms with Gasteiger partial charge in [-0.15, -0.1) is 0 Å². The van der Waals surface area contributed by atoms with Gasteiger partial charge in [0.05, 0.1) is 17.0 Å². The molecule has 1 aliphatic rings. The van der Waals surface area contributed by atoms with Crippen LogP contribution < -0.4 is 9.83 Å². The van der Waals surface area contributed by atoms with E-state index in [0.29, 0.717) is 12.2 Å². The van der Waals surface area contributed by atoms with Gasteiger partial charge in [-0.25, -0.2) is 13.1 Å². The molecule has 0 saturated carbocycles. The van der Waals surface area contributed by atoms with Crippen LogP contribution in [0.4, 0.5) is 0 Å². The lowest BCUT2D eigenvalue weighted by atomic mass is 10.1. The van der Waals surface area contributed by atoms with E-state index in [1.807, 2.05) is 0 Å². The Morgan fingerprint density at radius 1 is 1.50 bits per heavy atom. The molecular formula is C13H16NO5S-. The molecule has 1 aromatic rings. The summed E-state index contributed by atoms with van der Waals surface area (Å²) in [5.74, 6) is -1.40. The molecule has 0 aromatic heterocycles. The first-order valence-electron chi connectivity index (χ1n) is 6.33. The lowest BCUT2D eigenvalue weighted by molar-refractivity contribution is -0.255. The first-order chi connectivity index (χ1) is 9.40. The maximum atomic E-state index is 12.2. The van der Waals surface area contributed by atoms with E-state index in [1.165, 1.54) is 12.1 Å². The molecular weight excluding hydrogens is 282 g/mol. The Hall–Kier alpha value is -1.44. The van der Waals surface area contributed by atoms with Gasteiger partial charge in [0.1, 0.15) is 0 Å². The van der Waals surface area contributed by atoms with Crippen molar-refractivity contribution in [2.24, 2.45) is 0 Å². The van der Waals surface area contributed by atoms with E-state index >= 15 is 0 Å². The Morgan fingerprint density at radius 3 is 2.85 bits per heavy atom. The highest BCUT2D eigenvalue weighted by Gasteiger charge is 2.21. The minimum Gasteiger partial charge on any atom is -0.545 e. The van der Waals surface area contributed by atoms with Crippen LogP contribution in [0.1, 0.15) is 28.8 Å². The Balaban J connectivity index is 2.19. The third-order valence-electron chi connectivity index (χ3n) is 3.24. The summed E-state index contributed by atoms with van der Waals surface area (Å²) in [6.45, 7) is 2.45. The summed E-state index contributed by atoms with van der Waals surface area (Å²) in [4.78, 5) is 10.8. The molecule has 7 heteroatoms. The van der Waals surface area contributed by atoms with Crippen molar-refractivity contribution >= 4 is 16.0 Å². The standard InChI is InChI=1S/C13H17NO5S/c1-9-4-5-10(13(15)16)7-12(9)20(17,18)14-8-11-3-2-6-19-11/h4-5,7,11,14H,2-3,6,8H2,1H3,(H,15,16)/p-1/t11-/m0/s1. The molecule has 0 unspecified atom stereocenters. The average Bonchev–Trinajstić information content (AvgIpc) is 2.89. The first-order valence-corrected chi connectivity index (χ1v) is 7.82. The van der Waals surface area contributed by atoms with E-state index in [9.17, 15) is 18.3 Å². The van der Waals surface area contributed by atoms with E-state index in [-0.39, 0.29) is 23.1 Å². The number of rotatable bonds is 5. The highest BCUT2D eigenvalue weighted by molar-refractivity contribution is 7.89. The van der Waals surface area contributed by atoms with Gasteiger partial charge >= 0.3 is 0 Å². The number of aryl methyl sites for hydroxylation is 1. The van der Waals surface area contributed by atoms with Crippen molar-refractivity contribution in [1.29, 1.82) is 0 Å². The Kier molecular flexibility index (Phi) is 4.42. The summed E-state index contributed by atoms with van der Waals surface area (Å²) in [5, 5.41) is 10.8. The van der Waals surface area contributed by atoms with Crippen molar-refractivity contribution in [3.8, 4) is 0 Å². The summed E-state index contributed by atoms with van der Waals surface area (Å²) in [6.07, 6.45) is 1.63. The number of carboxylic acids is 1. The number of sulfonamides is 1. The van der Waals surface area contributed by atoms with Crippen LogP contribution in [-0.4, -0.2) is 33.6 Å². The van der Waals surface area contributed by atoms with Crippen molar-refractivity contribution in [3.05, 3.63) is 29.3 Å². The smallest absolute Gasteiger partial charge is 0.240 e. The monoisotopic (exact) mass is 298 g/mol. The molecule has 1 N–H and O–H groups in total. The highest BCUT2D eigenvalue weighted by Crippen LogP contribution is 2.18. The quantitative estimate of drug-likeness (QED) is 0.813. The van der Waals surface area contributed by atoms with Gasteiger partial charge in [0.25, 0.3) is 0 Å². The van der Waals surface area contributed by atoms with Gasteiger partial charge in [-0.05, 0) is 37.0 Å². The predicted octanol–water partition coefficient (Wildman–Crippen LogP) is -0.184. The summed E-state index contributed by atoms with van der Waals surface area (Å²) in [5.41, 5.74) is 0.322. The summed E-state index contributed by atoms with van der Waals surface area (Å²) < 4.78 is 32.2. The van der Waals surface area contributed by atoms with Gasteiger partial charge in [0.15, 0.2) is 0 Å². The van der Waals surface area contributed by atoms with E-state index in [1.54, 1.807) is 6.92 Å². The van der Waals surface area contributed by atoms with E-state index in [0.717, 1.165) is 18.9 Å². The maximum Gasteiger partial charge on any atom is 0.240 e. The molecule has 0 radical (unpaired) electrons. The molecule has 1 fully saturated rings. The molecule has 0 amide bonds. The zero-order valence-corrected chi connectivity index (χ0v) is 11.9. The van der Waals surface area contributed by atoms with Gasteiger partial charge in [-0.2, -0.15) is 0 Å². The van der Waals surface area contributed by atoms with Crippen LogP contribution in [0.3, 0.4) is 0 Å². The fourth-order valence-corrected chi connectivity index (χ4v) is 3.44. The van der Waals surface area contributed by atoms with Crippen LogP contribution in [0.5, 0.6) is 0 Å². The first kappa shape index (κ1) is 15.0. The van der Waals surface area contributed by atoms with Crippen molar-refractivity contribution in [1.82, 2.24) is 4.72 Å². The third-order valence-corrected chi connectivity index (χ3v) is 4.80. The maximum absolute atomic E-state index is 12.2. The summed E-state index contributed by atoms with van der Waals surface area (Å²) >= 11 is 0. The van der Waals surface area contributed by atoms with Gasteiger partial charge in [0.2, 0.25) is 10.0 Å². The lowest BCUT2D eigenvalue weighted by Gasteiger charge is -2.14. The van der Waals surface area contributed by atoms with Crippen LogP contribution in [0.2, 0.25) is 0 Å². The number of carboxylic acid groups (broad SMARTS) is 1. The molecule has 1 heterocycles. The zero-order valence-electron chi connectivity index (χ0n) is 11.1.